The Labute approximate surface area is 212 Å². The van der Waals surface area contributed by atoms with E-state index in [0.717, 1.165) is 18.4 Å². The zero-order valence-electron chi connectivity index (χ0n) is 19.8. The van der Waals surface area contributed by atoms with Gasteiger partial charge < -0.3 is 10.6 Å². The summed E-state index contributed by atoms with van der Waals surface area (Å²) in [5, 5.41) is 9.89. The van der Waals surface area contributed by atoms with Gasteiger partial charge in [-0.25, -0.2) is 14.1 Å². The quantitative estimate of drug-likeness (QED) is 0.345. The number of carbonyl (C=O) groups is 3. The topological polar surface area (TPSA) is 106 Å². The minimum Gasteiger partial charge on any atom is -0.347 e. The van der Waals surface area contributed by atoms with Crippen LogP contribution in [0.3, 0.4) is 0 Å². The van der Waals surface area contributed by atoms with Crippen molar-refractivity contribution in [3.05, 3.63) is 102 Å². The van der Waals surface area contributed by atoms with E-state index in [1.165, 1.54) is 29.1 Å². The number of hydrogen-bond acceptors (Lipinski definition) is 5. The monoisotopic (exact) mass is 497 g/mol. The van der Waals surface area contributed by atoms with Crippen LogP contribution in [0.2, 0.25) is 0 Å². The Morgan fingerprint density at radius 2 is 1.81 bits per heavy atom. The van der Waals surface area contributed by atoms with Gasteiger partial charge in [-0.05, 0) is 48.7 Å². The number of ketones is 1. The van der Waals surface area contributed by atoms with Gasteiger partial charge in [0.1, 0.15) is 11.9 Å². The van der Waals surface area contributed by atoms with E-state index in [0.29, 0.717) is 11.3 Å². The number of amides is 2. The first-order valence-electron chi connectivity index (χ1n) is 11.9. The van der Waals surface area contributed by atoms with Crippen LogP contribution in [0.1, 0.15) is 28.8 Å². The number of pyridine rings is 1. The molecule has 1 unspecified atom stereocenters. The van der Waals surface area contributed by atoms with Gasteiger partial charge in [0, 0.05) is 30.4 Å². The Balaban J connectivity index is 1.41. The molecule has 9 heteroatoms. The Hall–Kier alpha value is -4.66. The van der Waals surface area contributed by atoms with Crippen LogP contribution in [0.4, 0.5) is 4.39 Å². The van der Waals surface area contributed by atoms with E-state index in [9.17, 15) is 18.8 Å². The Kier molecular flexibility index (Phi) is 6.85. The molecule has 1 atom stereocenters. The molecule has 1 fully saturated rings. The molecule has 1 aliphatic rings. The first kappa shape index (κ1) is 24.1. The molecule has 0 aliphatic heterocycles. The standard InChI is InChI=1S/C28H24FN5O3/c29-20-9-4-6-18(16-20)17-24(25(35)28(37)31-21-11-12-21)32-27(36)22-10-5-14-30-26(22)34-15-13-23(33-34)19-7-2-1-3-8-19/h1-10,13-16,21,24H,11-12,17H2,(H,31,37)(H,32,36). The number of nitrogens with one attached hydrogen (secondary N) is 2. The number of hydrogen-bond donors (Lipinski definition) is 2. The van der Waals surface area contributed by atoms with E-state index in [2.05, 4.69) is 20.7 Å². The van der Waals surface area contributed by atoms with Gasteiger partial charge in [-0.3, -0.25) is 14.4 Å². The fraction of sp³-hybridized carbons (Fsp3) is 0.179. The molecule has 2 amide bonds. The van der Waals surface area contributed by atoms with Gasteiger partial charge in [-0.15, -0.1) is 0 Å². The van der Waals surface area contributed by atoms with Crippen molar-refractivity contribution in [1.29, 1.82) is 0 Å². The van der Waals surface area contributed by atoms with Crippen molar-refractivity contribution in [1.82, 2.24) is 25.4 Å². The minimum atomic E-state index is -1.20. The summed E-state index contributed by atoms with van der Waals surface area (Å²) in [4.78, 5) is 43.3. The Morgan fingerprint density at radius 1 is 1.00 bits per heavy atom. The lowest BCUT2D eigenvalue weighted by atomic mass is 10.0. The molecular formula is C28H24FN5O3. The Bertz CT molecular complexity index is 1450. The molecule has 2 N–H and O–H groups in total. The van der Waals surface area contributed by atoms with Crippen molar-refractivity contribution in [2.24, 2.45) is 0 Å². The molecule has 2 aromatic carbocycles. The van der Waals surface area contributed by atoms with E-state index in [4.69, 9.17) is 0 Å². The summed E-state index contributed by atoms with van der Waals surface area (Å²) in [5.74, 6) is -2.37. The molecule has 4 aromatic rings. The van der Waals surface area contributed by atoms with Crippen LogP contribution in [-0.4, -0.2) is 44.4 Å². The van der Waals surface area contributed by atoms with Crippen LogP contribution in [0, 0.1) is 5.82 Å². The molecule has 2 aromatic heterocycles. The minimum absolute atomic E-state index is 0.0227. The number of nitrogens with zero attached hydrogens (tertiary/aromatic N) is 3. The second-order valence-electron chi connectivity index (χ2n) is 8.86. The SMILES string of the molecule is O=C(NC1CC1)C(=O)C(Cc1cccc(F)c1)NC(=O)c1cccnc1-n1ccc(-c2ccccc2)n1. The lowest BCUT2D eigenvalue weighted by Crippen LogP contribution is -2.49. The zero-order valence-corrected chi connectivity index (χ0v) is 19.8. The van der Waals surface area contributed by atoms with E-state index < -0.39 is 29.5 Å². The van der Waals surface area contributed by atoms with E-state index >= 15 is 0 Å². The summed E-state index contributed by atoms with van der Waals surface area (Å²) in [6.45, 7) is 0. The molecule has 0 radical (unpaired) electrons. The second kappa shape index (κ2) is 10.5. The molecule has 0 saturated heterocycles. The normalized spacial score (nSPS) is 13.5. The number of rotatable bonds is 9. The van der Waals surface area contributed by atoms with Crippen molar-refractivity contribution in [2.45, 2.75) is 31.3 Å². The van der Waals surface area contributed by atoms with E-state index in [-0.39, 0.29) is 23.8 Å². The lowest BCUT2D eigenvalue weighted by Gasteiger charge is -2.18. The number of aromatic nitrogens is 3. The largest absolute Gasteiger partial charge is 0.347 e. The maximum absolute atomic E-state index is 13.8. The zero-order chi connectivity index (χ0) is 25.8. The average molecular weight is 498 g/mol. The lowest BCUT2D eigenvalue weighted by molar-refractivity contribution is -0.139. The molecule has 0 bridgehead atoms. The first-order valence-corrected chi connectivity index (χ1v) is 11.9. The summed E-state index contributed by atoms with van der Waals surface area (Å²) < 4.78 is 15.3. The number of carbonyl (C=O) groups excluding carboxylic acids is 3. The highest BCUT2D eigenvalue weighted by Gasteiger charge is 2.32. The summed E-state index contributed by atoms with van der Waals surface area (Å²) in [6.07, 6.45) is 4.81. The summed E-state index contributed by atoms with van der Waals surface area (Å²) in [5.41, 5.74) is 2.26. The number of Topliss-reactive ketones (excluding diaryl/α,β-unsaturated/α-hetero) is 1. The average Bonchev–Trinajstić information content (AvgIpc) is 3.59. The predicted molar refractivity (Wildman–Crippen MR) is 134 cm³/mol. The third kappa shape index (κ3) is 5.78. The summed E-state index contributed by atoms with van der Waals surface area (Å²) >= 11 is 0. The number of benzene rings is 2. The third-order valence-corrected chi connectivity index (χ3v) is 5.99. The maximum Gasteiger partial charge on any atom is 0.289 e. The van der Waals surface area contributed by atoms with Crippen molar-refractivity contribution < 1.29 is 18.8 Å². The molecule has 5 rings (SSSR count). The van der Waals surface area contributed by atoms with E-state index in [1.807, 2.05) is 36.4 Å². The summed E-state index contributed by atoms with van der Waals surface area (Å²) in [6, 6.07) is 19.0. The van der Waals surface area contributed by atoms with Gasteiger partial charge in [0.05, 0.1) is 11.3 Å². The van der Waals surface area contributed by atoms with E-state index in [1.54, 1.807) is 24.4 Å². The van der Waals surface area contributed by atoms with Gasteiger partial charge in [0.25, 0.3) is 11.8 Å². The van der Waals surface area contributed by atoms with Gasteiger partial charge in [0.15, 0.2) is 5.82 Å². The molecule has 2 heterocycles. The van der Waals surface area contributed by atoms with Crippen LogP contribution in [-0.2, 0) is 16.0 Å². The highest BCUT2D eigenvalue weighted by atomic mass is 19.1. The molecule has 186 valence electrons. The Morgan fingerprint density at radius 3 is 2.57 bits per heavy atom. The highest BCUT2D eigenvalue weighted by Crippen LogP contribution is 2.20. The van der Waals surface area contributed by atoms with Crippen molar-refractivity contribution in [3.8, 4) is 17.1 Å². The van der Waals surface area contributed by atoms with Crippen LogP contribution < -0.4 is 10.6 Å². The van der Waals surface area contributed by atoms with Crippen molar-refractivity contribution >= 4 is 17.6 Å². The smallest absolute Gasteiger partial charge is 0.289 e. The van der Waals surface area contributed by atoms with Crippen molar-refractivity contribution in [2.75, 3.05) is 0 Å². The highest BCUT2D eigenvalue weighted by molar-refractivity contribution is 6.38. The van der Waals surface area contributed by atoms with Gasteiger partial charge in [-0.1, -0.05) is 42.5 Å². The van der Waals surface area contributed by atoms with Gasteiger partial charge >= 0.3 is 0 Å². The molecule has 0 spiro atoms. The second-order valence-corrected chi connectivity index (χ2v) is 8.86. The fourth-order valence-electron chi connectivity index (χ4n) is 3.95. The molecule has 1 aliphatic carbocycles. The first-order chi connectivity index (χ1) is 18.0. The molecule has 8 nitrogen and oxygen atoms in total. The number of halogens is 1. The van der Waals surface area contributed by atoms with Crippen LogP contribution >= 0.6 is 0 Å². The maximum atomic E-state index is 13.8. The summed E-state index contributed by atoms with van der Waals surface area (Å²) in [7, 11) is 0. The fourth-order valence-corrected chi connectivity index (χ4v) is 3.95. The van der Waals surface area contributed by atoms with Crippen LogP contribution in [0.5, 0.6) is 0 Å². The third-order valence-electron chi connectivity index (χ3n) is 5.99. The predicted octanol–water partition coefficient (Wildman–Crippen LogP) is 3.26. The van der Waals surface area contributed by atoms with Crippen LogP contribution in [0.25, 0.3) is 17.1 Å². The van der Waals surface area contributed by atoms with Gasteiger partial charge in [-0.2, -0.15) is 5.10 Å². The molecule has 1 saturated carbocycles. The van der Waals surface area contributed by atoms with Crippen molar-refractivity contribution in [3.63, 3.8) is 0 Å². The molecule has 37 heavy (non-hydrogen) atoms. The molecular weight excluding hydrogens is 473 g/mol. The van der Waals surface area contributed by atoms with Crippen LogP contribution in [0.15, 0.2) is 85.2 Å². The van der Waals surface area contributed by atoms with Gasteiger partial charge in [0.2, 0.25) is 5.78 Å².